The number of ether oxygens (including phenoxy) is 3. The second-order valence-corrected chi connectivity index (χ2v) is 7.90. The lowest BCUT2D eigenvalue weighted by Crippen LogP contribution is -2.39. The summed E-state index contributed by atoms with van der Waals surface area (Å²) in [6.07, 6.45) is 2.72. The number of carbonyl (C=O) groups is 3. The van der Waals surface area contributed by atoms with Crippen molar-refractivity contribution < 1.29 is 28.6 Å². The predicted octanol–water partition coefficient (Wildman–Crippen LogP) is 2.05. The third kappa shape index (κ3) is 4.04. The molecule has 4 rings (SSSR count). The summed E-state index contributed by atoms with van der Waals surface area (Å²) < 4.78 is 16.1. The Hall–Kier alpha value is -3.07. The number of anilines is 1. The molecule has 1 aliphatic carbocycles. The fourth-order valence-electron chi connectivity index (χ4n) is 3.44. The molecule has 0 fully saturated rings. The van der Waals surface area contributed by atoms with E-state index in [1.54, 1.807) is 24.3 Å². The number of fused-ring (bicyclic) bond motifs is 2. The van der Waals surface area contributed by atoms with Gasteiger partial charge in [0, 0.05) is 4.88 Å². The number of benzene rings is 1. The van der Waals surface area contributed by atoms with Crippen molar-refractivity contribution in [2.24, 2.45) is 5.73 Å². The van der Waals surface area contributed by atoms with E-state index in [-0.39, 0.29) is 6.61 Å². The Bertz CT molecular complexity index is 970. The van der Waals surface area contributed by atoms with E-state index in [1.165, 1.54) is 11.3 Å². The number of thiophene rings is 1. The van der Waals surface area contributed by atoms with Gasteiger partial charge in [-0.3, -0.25) is 9.59 Å². The molecule has 29 heavy (non-hydrogen) atoms. The summed E-state index contributed by atoms with van der Waals surface area (Å²) in [7, 11) is 0. The lowest BCUT2D eigenvalue weighted by atomic mass is 9.95. The number of nitrogens with two attached hydrogens (primary N) is 1. The number of para-hydroxylation sites is 2. The molecule has 2 heterocycles. The number of amides is 2. The Morgan fingerprint density at radius 3 is 2.72 bits per heavy atom. The first-order valence-electron chi connectivity index (χ1n) is 9.32. The molecule has 0 saturated heterocycles. The van der Waals surface area contributed by atoms with Crippen LogP contribution in [0.4, 0.5) is 5.00 Å². The van der Waals surface area contributed by atoms with Gasteiger partial charge in [0.15, 0.2) is 18.1 Å². The van der Waals surface area contributed by atoms with Gasteiger partial charge < -0.3 is 25.3 Å². The molecule has 0 bridgehead atoms. The topological polar surface area (TPSA) is 117 Å². The maximum absolute atomic E-state index is 12.3. The molecule has 8 nitrogen and oxygen atoms in total. The summed E-state index contributed by atoms with van der Waals surface area (Å²) in [5.74, 6) is -0.815. The molecule has 0 unspecified atom stereocenters. The van der Waals surface area contributed by atoms with Gasteiger partial charge in [0.25, 0.3) is 11.8 Å². The van der Waals surface area contributed by atoms with Crippen LogP contribution in [-0.2, 0) is 27.2 Å². The van der Waals surface area contributed by atoms with Crippen LogP contribution in [0.25, 0.3) is 0 Å². The first-order chi connectivity index (χ1) is 14.0. The monoisotopic (exact) mass is 416 g/mol. The zero-order valence-corrected chi connectivity index (χ0v) is 16.4. The summed E-state index contributed by atoms with van der Waals surface area (Å²) in [6.45, 7) is -0.498. The first kappa shape index (κ1) is 19.3. The summed E-state index contributed by atoms with van der Waals surface area (Å²) in [6, 6.07) is 6.99. The number of aryl methyl sites for hydroxylation is 1. The molecule has 1 aliphatic heterocycles. The summed E-state index contributed by atoms with van der Waals surface area (Å²) >= 11 is 1.36. The molecule has 0 spiro atoms. The van der Waals surface area contributed by atoms with Gasteiger partial charge in [-0.15, -0.1) is 11.3 Å². The van der Waals surface area contributed by atoms with E-state index in [0.717, 1.165) is 36.1 Å². The zero-order valence-electron chi connectivity index (χ0n) is 15.6. The van der Waals surface area contributed by atoms with E-state index < -0.39 is 30.5 Å². The summed E-state index contributed by atoms with van der Waals surface area (Å²) in [5, 5.41) is 3.07. The molecule has 3 N–H and O–H groups in total. The maximum Gasteiger partial charge on any atom is 0.351 e. The van der Waals surface area contributed by atoms with Crippen LogP contribution in [0.2, 0.25) is 0 Å². The Labute approximate surface area is 170 Å². The second kappa shape index (κ2) is 8.12. The minimum absolute atomic E-state index is 0.000926. The van der Waals surface area contributed by atoms with Crippen molar-refractivity contribution in [2.45, 2.75) is 31.8 Å². The Balaban J connectivity index is 1.36. The minimum atomic E-state index is -0.951. The fourth-order valence-corrected chi connectivity index (χ4v) is 4.75. The van der Waals surface area contributed by atoms with E-state index in [4.69, 9.17) is 19.9 Å². The van der Waals surface area contributed by atoms with Crippen molar-refractivity contribution in [1.29, 1.82) is 0 Å². The van der Waals surface area contributed by atoms with Crippen molar-refractivity contribution in [3.05, 3.63) is 40.3 Å². The number of primary amides is 1. The highest BCUT2D eigenvalue weighted by Crippen LogP contribution is 2.38. The van der Waals surface area contributed by atoms with E-state index in [0.29, 0.717) is 22.1 Å². The number of hydrogen-bond acceptors (Lipinski definition) is 7. The molecular formula is C20H20N2O6S. The fraction of sp³-hybridized carbons (Fsp3) is 0.350. The number of carbonyl (C=O) groups excluding carboxylic acids is 3. The Morgan fingerprint density at radius 1 is 1.17 bits per heavy atom. The quantitative estimate of drug-likeness (QED) is 0.721. The first-order valence-corrected chi connectivity index (χ1v) is 10.1. The third-order valence-electron chi connectivity index (χ3n) is 4.79. The average molecular weight is 416 g/mol. The maximum atomic E-state index is 12.3. The van der Waals surface area contributed by atoms with Crippen molar-refractivity contribution in [3.63, 3.8) is 0 Å². The lowest BCUT2D eigenvalue weighted by molar-refractivity contribution is -0.156. The van der Waals surface area contributed by atoms with Gasteiger partial charge in [0.05, 0.1) is 5.56 Å². The second-order valence-electron chi connectivity index (χ2n) is 6.80. The van der Waals surface area contributed by atoms with Crippen LogP contribution >= 0.6 is 11.3 Å². The molecule has 1 aromatic carbocycles. The summed E-state index contributed by atoms with van der Waals surface area (Å²) in [4.78, 5) is 37.4. The molecule has 2 amide bonds. The van der Waals surface area contributed by atoms with E-state index in [2.05, 4.69) is 5.32 Å². The normalized spacial score (nSPS) is 17.2. The molecule has 2 aromatic rings. The van der Waals surface area contributed by atoms with Crippen LogP contribution in [0.15, 0.2) is 24.3 Å². The lowest BCUT2D eigenvalue weighted by Gasteiger charge is -2.24. The van der Waals surface area contributed by atoms with Crippen molar-refractivity contribution in [1.82, 2.24) is 0 Å². The van der Waals surface area contributed by atoms with Gasteiger partial charge in [-0.05, 0) is 43.4 Å². The molecule has 0 radical (unpaired) electrons. The van der Waals surface area contributed by atoms with Crippen molar-refractivity contribution >= 4 is 34.1 Å². The number of hydrogen-bond donors (Lipinski definition) is 2. The molecular weight excluding hydrogens is 396 g/mol. The highest BCUT2D eigenvalue weighted by atomic mass is 32.1. The van der Waals surface area contributed by atoms with Gasteiger partial charge in [-0.1, -0.05) is 12.1 Å². The standard InChI is InChI=1S/C20H20N2O6S/c21-18(24)17-11-5-1-4-8-15(11)29-19(17)22-16(23)10-27-20(25)14-9-26-12-6-2-3-7-13(12)28-14/h2-3,6-7,14H,1,4-5,8-10H2,(H2,21,24)(H,22,23)/t14-/m1/s1. The Morgan fingerprint density at radius 2 is 1.93 bits per heavy atom. The van der Waals surface area contributed by atoms with Crippen LogP contribution in [0.5, 0.6) is 11.5 Å². The van der Waals surface area contributed by atoms with Crippen LogP contribution in [-0.4, -0.2) is 37.1 Å². The SMILES string of the molecule is NC(=O)c1c(NC(=O)COC(=O)[C@H]2COc3ccccc3O2)sc2c1CCCC2. The van der Waals surface area contributed by atoms with Gasteiger partial charge in [0.2, 0.25) is 6.10 Å². The average Bonchev–Trinajstić information content (AvgIpc) is 3.09. The predicted molar refractivity (Wildman–Crippen MR) is 105 cm³/mol. The number of esters is 1. The Kier molecular flexibility index (Phi) is 5.39. The molecule has 9 heteroatoms. The minimum Gasteiger partial charge on any atom is -0.485 e. The van der Waals surface area contributed by atoms with Crippen LogP contribution in [0.3, 0.4) is 0 Å². The number of nitrogens with one attached hydrogen (secondary N) is 1. The van der Waals surface area contributed by atoms with Crippen LogP contribution in [0.1, 0.15) is 33.6 Å². The zero-order chi connectivity index (χ0) is 20.4. The van der Waals surface area contributed by atoms with Gasteiger partial charge in [0.1, 0.15) is 11.6 Å². The molecule has 1 atom stereocenters. The molecule has 1 aromatic heterocycles. The van der Waals surface area contributed by atoms with Gasteiger partial charge in [-0.25, -0.2) is 4.79 Å². The van der Waals surface area contributed by atoms with Crippen molar-refractivity contribution in [2.75, 3.05) is 18.5 Å². The molecule has 152 valence electrons. The summed E-state index contributed by atoms with van der Waals surface area (Å²) in [5.41, 5.74) is 6.81. The largest absolute Gasteiger partial charge is 0.485 e. The van der Waals surface area contributed by atoms with Gasteiger partial charge in [-0.2, -0.15) is 0 Å². The number of rotatable bonds is 5. The highest BCUT2D eigenvalue weighted by Gasteiger charge is 2.30. The molecule has 0 saturated carbocycles. The van der Waals surface area contributed by atoms with Crippen molar-refractivity contribution in [3.8, 4) is 11.5 Å². The van der Waals surface area contributed by atoms with Crippen LogP contribution in [0, 0.1) is 0 Å². The van der Waals surface area contributed by atoms with Gasteiger partial charge >= 0.3 is 5.97 Å². The molecule has 2 aliphatic rings. The van der Waals surface area contributed by atoms with Crippen LogP contribution < -0.4 is 20.5 Å². The van der Waals surface area contributed by atoms with E-state index >= 15 is 0 Å². The smallest absolute Gasteiger partial charge is 0.351 e. The van der Waals surface area contributed by atoms with E-state index in [9.17, 15) is 14.4 Å². The highest BCUT2D eigenvalue weighted by molar-refractivity contribution is 7.17. The third-order valence-corrected chi connectivity index (χ3v) is 5.99. The van der Waals surface area contributed by atoms with E-state index in [1.807, 2.05) is 0 Å².